The summed E-state index contributed by atoms with van der Waals surface area (Å²) >= 11 is 0. The molecule has 13 heavy (non-hydrogen) atoms. The van der Waals surface area contributed by atoms with E-state index in [1.54, 1.807) is 0 Å². The van der Waals surface area contributed by atoms with Gasteiger partial charge in [-0.15, -0.1) is 12.1 Å². The molecule has 2 rings (SSSR count). The van der Waals surface area contributed by atoms with Crippen molar-refractivity contribution in [2.24, 2.45) is 5.92 Å². The molecule has 2 heteroatoms. The van der Waals surface area contributed by atoms with Crippen molar-refractivity contribution in [1.82, 2.24) is 0 Å². The first-order valence-corrected chi connectivity index (χ1v) is 5.49. The standard InChI is InChI=1S/C11H20N.Rb/c1-10-5-8-12-11(9-10)6-3-2-4-7-11;/h10H,2-9H2,1H3;/q-1;+1. The molecular formula is C11H20NRb. The van der Waals surface area contributed by atoms with Crippen LogP contribution < -0.4 is 58.2 Å². The maximum atomic E-state index is 4.87. The molecule has 1 aliphatic carbocycles. The van der Waals surface area contributed by atoms with Crippen LogP contribution in [0.4, 0.5) is 0 Å². The normalized spacial score (nSPS) is 32.5. The summed E-state index contributed by atoms with van der Waals surface area (Å²) in [5, 5.41) is 4.87. The van der Waals surface area contributed by atoms with E-state index in [1.807, 2.05) is 0 Å². The van der Waals surface area contributed by atoms with Gasteiger partial charge >= 0.3 is 58.2 Å². The van der Waals surface area contributed by atoms with E-state index in [1.165, 1.54) is 44.9 Å². The van der Waals surface area contributed by atoms with Crippen LogP contribution in [0.5, 0.6) is 0 Å². The second-order valence-electron chi connectivity index (χ2n) is 4.76. The molecular weight excluding hydrogens is 232 g/mol. The van der Waals surface area contributed by atoms with Gasteiger partial charge in [-0.05, 0) is 5.92 Å². The van der Waals surface area contributed by atoms with Gasteiger partial charge in [-0.3, -0.25) is 0 Å². The molecule has 1 saturated heterocycles. The van der Waals surface area contributed by atoms with E-state index in [0.29, 0.717) is 5.54 Å². The second kappa shape index (κ2) is 5.74. The van der Waals surface area contributed by atoms with E-state index >= 15 is 0 Å². The summed E-state index contributed by atoms with van der Waals surface area (Å²) in [7, 11) is 0. The average molecular weight is 252 g/mol. The molecule has 1 saturated carbocycles. The minimum atomic E-state index is 0. The van der Waals surface area contributed by atoms with Crippen LogP contribution in [-0.4, -0.2) is 12.1 Å². The average Bonchev–Trinajstić information content (AvgIpc) is 2.05. The van der Waals surface area contributed by atoms with Crippen molar-refractivity contribution < 1.29 is 58.2 Å². The molecule has 1 spiro atoms. The fourth-order valence-corrected chi connectivity index (χ4v) is 2.91. The Bertz CT molecular complexity index is 147. The first-order chi connectivity index (χ1) is 5.81. The zero-order valence-electron chi connectivity index (χ0n) is 9.18. The summed E-state index contributed by atoms with van der Waals surface area (Å²) in [5.74, 6) is 0.931. The van der Waals surface area contributed by atoms with E-state index < -0.39 is 0 Å². The van der Waals surface area contributed by atoms with Crippen molar-refractivity contribution >= 4 is 0 Å². The maximum Gasteiger partial charge on any atom is 1.00 e. The summed E-state index contributed by atoms with van der Waals surface area (Å²) in [5.41, 5.74) is 0.454. The monoisotopic (exact) mass is 251 g/mol. The van der Waals surface area contributed by atoms with Crippen LogP contribution in [0.3, 0.4) is 0 Å². The van der Waals surface area contributed by atoms with Crippen LogP contribution in [0.1, 0.15) is 51.9 Å². The molecule has 1 atom stereocenters. The van der Waals surface area contributed by atoms with E-state index in [0.717, 1.165) is 12.5 Å². The van der Waals surface area contributed by atoms with Gasteiger partial charge in [0.05, 0.1) is 0 Å². The Morgan fingerprint density at radius 3 is 2.46 bits per heavy atom. The van der Waals surface area contributed by atoms with Crippen LogP contribution in [0.25, 0.3) is 5.32 Å². The number of nitrogens with zero attached hydrogens (tertiary/aromatic N) is 1. The third kappa shape index (κ3) is 3.37. The zero-order valence-corrected chi connectivity index (χ0v) is 14.1. The van der Waals surface area contributed by atoms with Crippen molar-refractivity contribution in [2.75, 3.05) is 6.54 Å². The Hall–Kier alpha value is 1.77. The minimum Gasteiger partial charge on any atom is -0.657 e. The molecule has 0 aromatic rings. The maximum absolute atomic E-state index is 4.87. The van der Waals surface area contributed by atoms with Crippen molar-refractivity contribution in [2.45, 2.75) is 57.4 Å². The van der Waals surface area contributed by atoms with Gasteiger partial charge in [-0.25, -0.2) is 0 Å². The molecule has 2 fully saturated rings. The molecule has 1 unspecified atom stereocenters. The summed E-state index contributed by atoms with van der Waals surface area (Å²) in [4.78, 5) is 0. The van der Waals surface area contributed by atoms with Crippen LogP contribution >= 0.6 is 0 Å². The molecule has 1 nitrogen and oxygen atoms in total. The Balaban J connectivity index is 0.000000845. The molecule has 0 bridgehead atoms. The smallest absolute Gasteiger partial charge is 0.657 e. The number of rotatable bonds is 0. The Kier molecular flexibility index (Phi) is 5.67. The molecule has 0 N–H and O–H groups in total. The summed E-state index contributed by atoms with van der Waals surface area (Å²) < 4.78 is 0. The topological polar surface area (TPSA) is 14.1 Å². The molecule has 1 aliphatic heterocycles. The van der Waals surface area contributed by atoms with Crippen LogP contribution in [0.15, 0.2) is 0 Å². The number of piperidine rings is 1. The molecule has 70 valence electrons. The van der Waals surface area contributed by atoms with Crippen molar-refractivity contribution in [3.63, 3.8) is 0 Å². The van der Waals surface area contributed by atoms with Gasteiger partial charge in [0.25, 0.3) is 0 Å². The molecule has 0 aromatic heterocycles. The van der Waals surface area contributed by atoms with Crippen LogP contribution in [-0.2, 0) is 0 Å². The van der Waals surface area contributed by atoms with Crippen molar-refractivity contribution in [3.05, 3.63) is 5.32 Å². The molecule has 0 aromatic carbocycles. The van der Waals surface area contributed by atoms with Gasteiger partial charge < -0.3 is 5.32 Å². The van der Waals surface area contributed by atoms with Gasteiger partial charge in [0.1, 0.15) is 0 Å². The third-order valence-electron chi connectivity index (χ3n) is 3.58. The first kappa shape index (κ1) is 12.8. The summed E-state index contributed by atoms with van der Waals surface area (Å²) in [6, 6.07) is 0. The molecule has 0 amide bonds. The summed E-state index contributed by atoms with van der Waals surface area (Å²) in [6.45, 7) is 3.53. The largest absolute Gasteiger partial charge is 1.00 e. The fourth-order valence-electron chi connectivity index (χ4n) is 2.91. The van der Waals surface area contributed by atoms with E-state index in [9.17, 15) is 0 Å². The molecule has 0 radical (unpaired) electrons. The summed E-state index contributed by atoms with van der Waals surface area (Å²) in [6.07, 6.45) is 9.79. The number of hydrogen-bond donors (Lipinski definition) is 0. The molecule has 1 heterocycles. The second-order valence-corrected chi connectivity index (χ2v) is 4.76. The van der Waals surface area contributed by atoms with Crippen LogP contribution in [0, 0.1) is 5.92 Å². The van der Waals surface area contributed by atoms with E-state index in [4.69, 9.17) is 5.32 Å². The van der Waals surface area contributed by atoms with Gasteiger partial charge in [-0.1, -0.05) is 51.9 Å². The predicted molar refractivity (Wildman–Crippen MR) is 52.4 cm³/mol. The van der Waals surface area contributed by atoms with Gasteiger partial charge in [0.2, 0.25) is 0 Å². The van der Waals surface area contributed by atoms with Crippen molar-refractivity contribution in [1.29, 1.82) is 0 Å². The van der Waals surface area contributed by atoms with E-state index in [-0.39, 0.29) is 58.2 Å². The number of hydrogen-bond acceptors (Lipinski definition) is 0. The fraction of sp³-hybridized carbons (Fsp3) is 1.00. The van der Waals surface area contributed by atoms with Gasteiger partial charge in [-0.2, -0.15) is 0 Å². The Labute approximate surface area is 131 Å². The minimum absolute atomic E-state index is 0. The van der Waals surface area contributed by atoms with E-state index in [2.05, 4.69) is 6.92 Å². The SMILES string of the molecule is CC1CC[N-]C2(CCCCC2)C1.[Rb+]. The van der Waals surface area contributed by atoms with Crippen molar-refractivity contribution in [3.8, 4) is 0 Å². The zero-order chi connectivity index (χ0) is 8.44. The molecule has 2 aliphatic rings. The predicted octanol–water partition coefficient (Wildman–Crippen LogP) is 0.497. The Morgan fingerprint density at radius 2 is 1.85 bits per heavy atom. The Morgan fingerprint density at radius 1 is 1.15 bits per heavy atom. The van der Waals surface area contributed by atoms with Gasteiger partial charge in [0, 0.05) is 0 Å². The third-order valence-corrected chi connectivity index (χ3v) is 3.58. The van der Waals surface area contributed by atoms with Gasteiger partial charge in [0.15, 0.2) is 0 Å². The first-order valence-electron chi connectivity index (χ1n) is 5.49. The quantitative estimate of drug-likeness (QED) is 0.595. The van der Waals surface area contributed by atoms with Crippen LogP contribution in [0.2, 0.25) is 0 Å².